The third kappa shape index (κ3) is 4.42. The van der Waals surface area contributed by atoms with Crippen LogP contribution in [0.4, 0.5) is 9.18 Å². The second kappa shape index (κ2) is 7.49. The van der Waals surface area contributed by atoms with Crippen LogP contribution in [0, 0.1) is 11.7 Å². The number of carbonyl (C=O) groups is 2. The molecule has 2 bridgehead atoms. The zero-order valence-corrected chi connectivity index (χ0v) is 16.5. The highest BCUT2D eigenvalue weighted by atomic mass is 19.1. The fourth-order valence-electron chi connectivity index (χ4n) is 4.22. The molecule has 2 aliphatic rings. The van der Waals surface area contributed by atoms with E-state index in [0.29, 0.717) is 18.4 Å². The van der Waals surface area contributed by atoms with Crippen LogP contribution in [0.5, 0.6) is 5.75 Å². The van der Waals surface area contributed by atoms with Crippen molar-refractivity contribution in [3.8, 4) is 5.75 Å². The summed E-state index contributed by atoms with van der Waals surface area (Å²) in [4.78, 5) is 27.1. The number of fused-ring (bicyclic) bond motifs is 2. The van der Waals surface area contributed by atoms with Gasteiger partial charge in [-0.2, -0.15) is 0 Å². The number of carbonyl (C=O) groups excluding carboxylic acids is 2. The van der Waals surface area contributed by atoms with Gasteiger partial charge in [0, 0.05) is 24.4 Å². The van der Waals surface area contributed by atoms with Gasteiger partial charge in [-0.1, -0.05) is 6.07 Å². The maximum atomic E-state index is 13.9. The van der Waals surface area contributed by atoms with Crippen molar-refractivity contribution in [1.82, 2.24) is 4.90 Å². The molecular formula is C21H28FNO4. The molecule has 1 aromatic rings. The molecule has 0 aliphatic carbocycles. The Hall–Kier alpha value is -2.11. The number of amides is 1. The van der Waals surface area contributed by atoms with Gasteiger partial charge in [0.25, 0.3) is 0 Å². The lowest BCUT2D eigenvalue weighted by atomic mass is 9.85. The Morgan fingerprint density at radius 1 is 1.19 bits per heavy atom. The van der Waals surface area contributed by atoms with Crippen LogP contribution in [-0.4, -0.2) is 41.6 Å². The van der Waals surface area contributed by atoms with Crippen molar-refractivity contribution in [3.63, 3.8) is 0 Å². The summed E-state index contributed by atoms with van der Waals surface area (Å²) in [6.45, 7) is 5.57. The van der Waals surface area contributed by atoms with Crippen molar-refractivity contribution >= 4 is 11.9 Å². The van der Waals surface area contributed by atoms with Crippen molar-refractivity contribution in [2.24, 2.45) is 5.92 Å². The first-order valence-corrected chi connectivity index (χ1v) is 9.54. The van der Waals surface area contributed by atoms with Crippen LogP contribution in [0.2, 0.25) is 0 Å². The number of rotatable bonds is 4. The number of benzene rings is 1. The maximum Gasteiger partial charge on any atom is 0.410 e. The predicted molar refractivity (Wildman–Crippen MR) is 99.3 cm³/mol. The Bertz CT molecular complexity index is 713. The van der Waals surface area contributed by atoms with Crippen LogP contribution < -0.4 is 4.74 Å². The summed E-state index contributed by atoms with van der Waals surface area (Å²) in [6.07, 6.45) is 3.06. The van der Waals surface area contributed by atoms with Crippen molar-refractivity contribution in [2.75, 3.05) is 7.11 Å². The highest BCUT2D eigenvalue weighted by Crippen LogP contribution is 2.40. The molecule has 3 rings (SSSR count). The Labute approximate surface area is 159 Å². The Kier molecular flexibility index (Phi) is 5.45. The van der Waals surface area contributed by atoms with Crippen LogP contribution in [0.25, 0.3) is 0 Å². The van der Waals surface area contributed by atoms with Gasteiger partial charge in [0.2, 0.25) is 0 Å². The first kappa shape index (κ1) is 19.6. The molecule has 0 radical (unpaired) electrons. The van der Waals surface area contributed by atoms with Gasteiger partial charge >= 0.3 is 6.09 Å². The van der Waals surface area contributed by atoms with E-state index < -0.39 is 11.4 Å². The van der Waals surface area contributed by atoms with Crippen molar-refractivity contribution in [1.29, 1.82) is 0 Å². The topological polar surface area (TPSA) is 55.8 Å². The predicted octanol–water partition coefficient (Wildman–Crippen LogP) is 4.12. The second-order valence-electron chi connectivity index (χ2n) is 8.55. The number of piperidine rings is 1. The molecule has 2 fully saturated rings. The van der Waals surface area contributed by atoms with E-state index in [-0.39, 0.29) is 42.0 Å². The highest BCUT2D eigenvalue weighted by molar-refractivity contribution is 5.84. The number of ether oxygens (including phenoxy) is 2. The summed E-state index contributed by atoms with van der Waals surface area (Å²) in [5.41, 5.74) is 0.127. The molecule has 2 saturated heterocycles. The highest BCUT2D eigenvalue weighted by Gasteiger charge is 2.46. The summed E-state index contributed by atoms with van der Waals surface area (Å²) in [7, 11) is 1.41. The van der Waals surface area contributed by atoms with E-state index in [9.17, 15) is 14.0 Å². The van der Waals surface area contributed by atoms with Gasteiger partial charge in [-0.15, -0.1) is 0 Å². The summed E-state index contributed by atoms with van der Waals surface area (Å²) in [5, 5.41) is 0. The fourth-order valence-corrected chi connectivity index (χ4v) is 4.22. The molecule has 6 heteroatoms. The largest absolute Gasteiger partial charge is 0.494 e. The number of hydrogen-bond donors (Lipinski definition) is 0. The number of hydrogen-bond acceptors (Lipinski definition) is 4. The van der Waals surface area contributed by atoms with Crippen LogP contribution in [0.15, 0.2) is 18.2 Å². The van der Waals surface area contributed by atoms with E-state index in [4.69, 9.17) is 9.47 Å². The molecule has 0 spiro atoms. The molecule has 148 valence electrons. The van der Waals surface area contributed by atoms with E-state index >= 15 is 0 Å². The smallest absolute Gasteiger partial charge is 0.410 e. The molecule has 2 unspecified atom stereocenters. The minimum absolute atomic E-state index is 0.0557. The average molecular weight is 377 g/mol. The SMILES string of the molecule is COc1ccc(CC(=O)C2CC3CCC(C2)N3C(=O)OC(C)(C)C)cc1F. The first-order valence-electron chi connectivity index (χ1n) is 9.54. The van der Waals surface area contributed by atoms with E-state index in [1.165, 1.54) is 13.2 Å². The standard InChI is InChI=1S/C21H28FNO4/c1-21(2,3)27-20(25)23-15-6-7-16(23)12-14(11-15)18(24)10-13-5-8-19(26-4)17(22)9-13/h5,8-9,14-16H,6-7,10-12H2,1-4H3. The molecule has 5 nitrogen and oxygen atoms in total. The molecule has 2 heterocycles. The second-order valence-corrected chi connectivity index (χ2v) is 8.55. The number of halogens is 1. The van der Waals surface area contributed by atoms with Gasteiger partial charge in [0.1, 0.15) is 11.4 Å². The van der Waals surface area contributed by atoms with Crippen molar-refractivity contribution in [3.05, 3.63) is 29.6 Å². The number of methoxy groups -OCH3 is 1. The monoisotopic (exact) mass is 377 g/mol. The quantitative estimate of drug-likeness (QED) is 0.792. The minimum atomic E-state index is -0.526. The summed E-state index contributed by atoms with van der Waals surface area (Å²) in [6, 6.07) is 4.75. The van der Waals surface area contributed by atoms with Crippen LogP contribution in [0.1, 0.15) is 52.0 Å². The molecular weight excluding hydrogens is 349 g/mol. The number of Topliss-reactive ketones (excluding diaryl/α,β-unsaturated/α-hetero) is 1. The third-order valence-corrected chi connectivity index (χ3v) is 5.39. The average Bonchev–Trinajstić information content (AvgIpc) is 2.84. The van der Waals surface area contributed by atoms with Gasteiger partial charge in [0.15, 0.2) is 11.6 Å². The Morgan fingerprint density at radius 2 is 1.81 bits per heavy atom. The molecule has 0 aromatic heterocycles. The lowest BCUT2D eigenvalue weighted by Gasteiger charge is -2.39. The number of nitrogens with zero attached hydrogens (tertiary/aromatic N) is 1. The molecule has 0 N–H and O–H groups in total. The molecule has 2 atom stereocenters. The van der Waals surface area contributed by atoms with Gasteiger partial charge in [-0.25, -0.2) is 9.18 Å². The van der Waals surface area contributed by atoms with Crippen LogP contribution in [0.3, 0.4) is 0 Å². The zero-order chi connectivity index (χ0) is 19.8. The molecule has 2 aliphatic heterocycles. The zero-order valence-electron chi connectivity index (χ0n) is 16.5. The Balaban J connectivity index is 1.63. The van der Waals surface area contributed by atoms with Gasteiger partial charge < -0.3 is 14.4 Å². The first-order chi connectivity index (χ1) is 12.7. The summed E-state index contributed by atoms with van der Waals surface area (Å²) in [5.74, 6) is -0.260. The van der Waals surface area contributed by atoms with Crippen LogP contribution in [-0.2, 0) is 16.0 Å². The van der Waals surface area contributed by atoms with Gasteiger partial charge in [-0.3, -0.25) is 4.79 Å². The maximum absolute atomic E-state index is 13.9. The molecule has 1 amide bonds. The third-order valence-electron chi connectivity index (χ3n) is 5.39. The lowest BCUT2D eigenvalue weighted by molar-refractivity contribution is -0.124. The van der Waals surface area contributed by atoms with Crippen molar-refractivity contribution < 1.29 is 23.5 Å². The van der Waals surface area contributed by atoms with Gasteiger partial charge in [-0.05, 0) is 64.2 Å². The van der Waals surface area contributed by atoms with Gasteiger partial charge in [0.05, 0.1) is 7.11 Å². The molecule has 0 saturated carbocycles. The van der Waals surface area contributed by atoms with E-state index in [1.54, 1.807) is 12.1 Å². The van der Waals surface area contributed by atoms with E-state index in [1.807, 2.05) is 25.7 Å². The fraction of sp³-hybridized carbons (Fsp3) is 0.619. The van der Waals surface area contributed by atoms with Crippen LogP contribution >= 0.6 is 0 Å². The Morgan fingerprint density at radius 3 is 2.33 bits per heavy atom. The normalized spacial score (nSPS) is 24.6. The van der Waals surface area contributed by atoms with E-state index in [0.717, 1.165) is 12.8 Å². The number of ketones is 1. The molecule has 27 heavy (non-hydrogen) atoms. The van der Waals surface area contributed by atoms with Crippen molar-refractivity contribution in [2.45, 2.75) is 70.6 Å². The summed E-state index contributed by atoms with van der Waals surface area (Å²) >= 11 is 0. The lowest BCUT2D eigenvalue weighted by Crippen LogP contribution is -2.49. The van der Waals surface area contributed by atoms with E-state index in [2.05, 4.69) is 0 Å². The minimum Gasteiger partial charge on any atom is -0.494 e. The summed E-state index contributed by atoms with van der Waals surface area (Å²) < 4.78 is 24.3. The molecule has 1 aromatic carbocycles.